The van der Waals surface area contributed by atoms with E-state index in [0.29, 0.717) is 23.2 Å². The predicted molar refractivity (Wildman–Crippen MR) is 97.2 cm³/mol. The Hall–Kier alpha value is -0.820. The van der Waals surface area contributed by atoms with Crippen LogP contribution in [0.4, 0.5) is 0 Å². The maximum Gasteiger partial charge on any atom is 0.244 e. The van der Waals surface area contributed by atoms with E-state index in [-0.39, 0.29) is 10.9 Å². The lowest BCUT2D eigenvalue weighted by molar-refractivity contribution is 0.214. The van der Waals surface area contributed by atoms with Gasteiger partial charge < -0.3 is 4.74 Å². The summed E-state index contributed by atoms with van der Waals surface area (Å²) in [6.45, 7) is 6.81. The Kier molecular flexibility index (Phi) is 6.92. The third-order valence-electron chi connectivity index (χ3n) is 4.32. The summed E-state index contributed by atoms with van der Waals surface area (Å²) in [6.07, 6.45) is 3.34. The molecule has 0 aromatic heterocycles. The van der Waals surface area contributed by atoms with Gasteiger partial charge in [-0.1, -0.05) is 25.4 Å². The lowest BCUT2D eigenvalue weighted by Gasteiger charge is -2.29. The Labute approximate surface area is 150 Å². The van der Waals surface area contributed by atoms with Gasteiger partial charge in [-0.25, -0.2) is 13.1 Å². The topological polar surface area (TPSA) is 58.6 Å². The van der Waals surface area contributed by atoms with Gasteiger partial charge in [0, 0.05) is 17.6 Å². The highest BCUT2D eigenvalue weighted by Gasteiger charge is 2.26. The molecule has 1 atom stereocenters. The monoisotopic (exact) mass is 374 g/mol. The molecule has 0 radical (unpaired) electrons. The van der Waals surface area contributed by atoms with E-state index in [1.807, 2.05) is 0 Å². The molecule has 136 valence electrons. The lowest BCUT2D eigenvalue weighted by atomic mass is 10.0. The highest BCUT2D eigenvalue weighted by molar-refractivity contribution is 7.89. The molecule has 1 aromatic carbocycles. The van der Waals surface area contributed by atoms with E-state index in [2.05, 4.69) is 23.5 Å². The Morgan fingerprint density at radius 2 is 1.96 bits per heavy atom. The van der Waals surface area contributed by atoms with Crippen molar-refractivity contribution in [1.29, 1.82) is 0 Å². The van der Waals surface area contributed by atoms with E-state index in [1.54, 1.807) is 12.1 Å². The zero-order valence-electron chi connectivity index (χ0n) is 14.6. The van der Waals surface area contributed by atoms with Gasteiger partial charge in [0.1, 0.15) is 10.6 Å². The van der Waals surface area contributed by atoms with Gasteiger partial charge in [0.2, 0.25) is 10.0 Å². The Bertz CT molecular complexity index is 643. The number of rotatable bonds is 8. The molecule has 0 saturated carbocycles. The van der Waals surface area contributed by atoms with Crippen LogP contribution in [0.5, 0.6) is 5.75 Å². The summed E-state index contributed by atoms with van der Waals surface area (Å²) in [4.78, 5) is 2.47. The van der Waals surface area contributed by atoms with Gasteiger partial charge >= 0.3 is 0 Å². The third-order valence-corrected chi connectivity index (χ3v) is 6.00. The molecule has 1 unspecified atom stereocenters. The van der Waals surface area contributed by atoms with Gasteiger partial charge in [-0.05, 0) is 56.5 Å². The number of nitrogens with zero attached hydrogens (tertiary/aromatic N) is 1. The fourth-order valence-corrected chi connectivity index (χ4v) is 4.66. The molecule has 1 aliphatic heterocycles. The van der Waals surface area contributed by atoms with Crippen molar-refractivity contribution in [3.63, 3.8) is 0 Å². The average molecular weight is 375 g/mol. The highest BCUT2D eigenvalue weighted by atomic mass is 35.5. The van der Waals surface area contributed by atoms with E-state index >= 15 is 0 Å². The second kappa shape index (κ2) is 8.52. The Balaban J connectivity index is 2.13. The van der Waals surface area contributed by atoms with Crippen LogP contribution in [0, 0.1) is 5.92 Å². The predicted octanol–water partition coefficient (Wildman–Crippen LogP) is 3.14. The van der Waals surface area contributed by atoms with E-state index in [1.165, 1.54) is 26.0 Å². The van der Waals surface area contributed by atoms with E-state index in [4.69, 9.17) is 16.3 Å². The van der Waals surface area contributed by atoms with Crippen molar-refractivity contribution in [1.82, 2.24) is 9.62 Å². The molecule has 1 fully saturated rings. The van der Waals surface area contributed by atoms with Crippen LogP contribution in [0.3, 0.4) is 0 Å². The van der Waals surface area contributed by atoms with Crippen molar-refractivity contribution >= 4 is 21.6 Å². The smallest absolute Gasteiger partial charge is 0.244 e. The number of benzene rings is 1. The molecule has 0 spiro atoms. The summed E-state index contributed by atoms with van der Waals surface area (Å²) in [7, 11) is -2.22. The van der Waals surface area contributed by atoms with Gasteiger partial charge in [-0.15, -0.1) is 0 Å². The van der Waals surface area contributed by atoms with Crippen molar-refractivity contribution in [2.24, 2.45) is 5.92 Å². The summed E-state index contributed by atoms with van der Waals surface area (Å²) in [5, 5.41) is 0.370. The standard InChI is InChI=1S/C17H27ClN2O3S/c1-13(2)10-15(20-8-4-5-9-20)12-19-24(21,22)17-11-14(18)6-7-16(17)23-3/h6-7,11,13,15,19H,4-5,8-10,12H2,1-3H3. The first-order valence-electron chi connectivity index (χ1n) is 8.40. The molecular formula is C17H27ClN2O3S. The molecule has 1 saturated heterocycles. The maximum absolute atomic E-state index is 12.7. The number of ether oxygens (including phenoxy) is 1. The van der Waals surface area contributed by atoms with Crippen LogP contribution >= 0.6 is 11.6 Å². The Morgan fingerprint density at radius 3 is 2.54 bits per heavy atom. The van der Waals surface area contributed by atoms with Crippen molar-refractivity contribution in [3.05, 3.63) is 23.2 Å². The number of hydrogen-bond donors (Lipinski definition) is 1. The van der Waals surface area contributed by atoms with Crippen molar-refractivity contribution < 1.29 is 13.2 Å². The van der Waals surface area contributed by atoms with Gasteiger partial charge in [0.05, 0.1) is 7.11 Å². The lowest BCUT2D eigenvalue weighted by Crippen LogP contribution is -2.43. The van der Waals surface area contributed by atoms with Crippen LogP contribution in [0.2, 0.25) is 5.02 Å². The number of halogens is 1. The van der Waals surface area contributed by atoms with Gasteiger partial charge in [-0.3, -0.25) is 4.90 Å². The number of likely N-dealkylation sites (tertiary alicyclic amines) is 1. The summed E-state index contributed by atoms with van der Waals surface area (Å²) in [6, 6.07) is 4.83. The van der Waals surface area contributed by atoms with E-state index in [0.717, 1.165) is 19.5 Å². The molecule has 1 N–H and O–H groups in total. The van der Waals surface area contributed by atoms with E-state index in [9.17, 15) is 8.42 Å². The number of sulfonamides is 1. The van der Waals surface area contributed by atoms with Crippen LogP contribution in [0.1, 0.15) is 33.1 Å². The molecule has 0 amide bonds. The van der Waals surface area contributed by atoms with Crippen LogP contribution in [0.15, 0.2) is 23.1 Å². The first-order valence-corrected chi connectivity index (χ1v) is 10.3. The van der Waals surface area contributed by atoms with Gasteiger partial charge in [0.25, 0.3) is 0 Å². The zero-order chi connectivity index (χ0) is 17.7. The molecule has 1 heterocycles. The second-order valence-corrected chi connectivity index (χ2v) is 8.85. The van der Waals surface area contributed by atoms with E-state index < -0.39 is 10.0 Å². The minimum Gasteiger partial charge on any atom is -0.495 e. The van der Waals surface area contributed by atoms with Crippen LogP contribution in [-0.2, 0) is 10.0 Å². The molecule has 1 aromatic rings. The summed E-state index contributed by atoms with van der Waals surface area (Å²) in [5.74, 6) is 0.814. The van der Waals surface area contributed by atoms with Crippen molar-refractivity contribution in [3.8, 4) is 5.75 Å². The number of nitrogens with one attached hydrogen (secondary N) is 1. The first-order chi connectivity index (χ1) is 11.3. The number of methoxy groups -OCH3 is 1. The molecule has 1 aliphatic rings. The van der Waals surface area contributed by atoms with Crippen LogP contribution in [-0.4, -0.2) is 46.1 Å². The van der Waals surface area contributed by atoms with Gasteiger partial charge in [-0.2, -0.15) is 0 Å². The largest absolute Gasteiger partial charge is 0.495 e. The Morgan fingerprint density at radius 1 is 1.29 bits per heavy atom. The number of hydrogen-bond acceptors (Lipinski definition) is 4. The fourth-order valence-electron chi connectivity index (χ4n) is 3.16. The molecular weight excluding hydrogens is 348 g/mol. The van der Waals surface area contributed by atoms with Crippen LogP contribution < -0.4 is 9.46 Å². The maximum atomic E-state index is 12.7. The second-order valence-electron chi connectivity index (χ2n) is 6.67. The normalized spacial score (nSPS) is 17.4. The molecule has 7 heteroatoms. The average Bonchev–Trinajstić information content (AvgIpc) is 3.05. The summed E-state index contributed by atoms with van der Waals surface area (Å²) < 4.78 is 33.3. The summed E-state index contributed by atoms with van der Waals surface area (Å²) >= 11 is 5.96. The summed E-state index contributed by atoms with van der Waals surface area (Å²) in [5.41, 5.74) is 0. The third kappa shape index (κ3) is 5.09. The van der Waals surface area contributed by atoms with Gasteiger partial charge in [0.15, 0.2) is 0 Å². The van der Waals surface area contributed by atoms with Crippen LogP contribution in [0.25, 0.3) is 0 Å². The molecule has 0 bridgehead atoms. The molecule has 5 nitrogen and oxygen atoms in total. The molecule has 0 aliphatic carbocycles. The SMILES string of the molecule is COc1ccc(Cl)cc1S(=O)(=O)NCC(CC(C)C)N1CCCC1. The minimum absolute atomic E-state index is 0.0854. The zero-order valence-corrected chi connectivity index (χ0v) is 16.2. The molecule has 24 heavy (non-hydrogen) atoms. The molecule has 2 rings (SSSR count). The highest BCUT2D eigenvalue weighted by Crippen LogP contribution is 2.27. The van der Waals surface area contributed by atoms with Crippen molar-refractivity contribution in [2.45, 2.75) is 44.0 Å². The quantitative estimate of drug-likeness (QED) is 0.759. The van der Waals surface area contributed by atoms with Crippen molar-refractivity contribution in [2.75, 3.05) is 26.7 Å². The minimum atomic E-state index is -3.67. The first kappa shape index (κ1) is 19.5. The fraction of sp³-hybridized carbons (Fsp3) is 0.647.